The molecule has 0 saturated carbocycles. The number of aryl methyl sites for hydroxylation is 3. The van der Waals surface area contributed by atoms with Gasteiger partial charge in [-0.3, -0.25) is 9.59 Å². The van der Waals surface area contributed by atoms with Crippen LogP contribution in [0.1, 0.15) is 35.1 Å². The first-order chi connectivity index (χ1) is 13.0. The fourth-order valence-electron chi connectivity index (χ4n) is 4.09. The summed E-state index contributed by atoms with van der Waals surface area (Å²) < 4.78 is 0. The summed E-state index contributed by atoms with van der Waals surface area (Å²) in [4.78, 5) is 30.3. The molecule has 0 unspecified atom stereocenters. The Labute approximate surface area is 160 Å². The standard InChI is InChI=1S/C23H24N2O2/c1-15-7-6-8-18(14-15)25-22(26)20(19-10-9-16(2)13-17(19)3)21(23(25)27)24-11-4-5-12-24/h6-10,13-14H,4-5,11-12H2,1-3H3. The molecule has 4 rings (SSSR count). The van der Waals surface area contributed by atoms with E-state index in [1.54, 1.807) is 0 Å². The summed E-state index contributed by atoms with van der Waals surface area (Å²) in [6, 6.07) is 13.6. The maximum Gasteiger partial charge on any atom is 0.282 e. The van der Waals surface area contributed by atoms with E-state index in [9.17, 15) is 9.59 Å². The molecule has 4 heteroatoms. The van der Waals surface area contributed by atoms with Gasteiger partial charge in [0.2, 0.25) is 0 Å². The third-order valence-electron chi connectivity index (χ3n) is 5.39. The third-order valence-corrected chi connectivity index (χ3v) is 5.39. The van der Waals surface area contributed by atoms with E-state index < -0.39 is 0 Å². The number of hydrogen-bond acceptors (Lipinski definition) is 3. The highest BCUT2D eigenvalue weighted by Gasteiger charge is 2.43. The fraction of sp³-hybridized carbons (Fsp3) is 0.304. The number of carbonyl (C=O) groups excluding carboxylic acids is 2. The molecule has 2 aromatic rings. The molecule has 2 heterocycles. The number of imide groups is 1. The minimum absolute atomic E-state index is 0.206. The Bertz CT molecular complexity index is 968. The number of amides is 2. The molecule has 2 aliphatic rings. The molecular weight excluding hydrogens is 336 g/mol. The molecule has 1 saturated heterocycles. The van der Waals surface area contributed by atoms with E-state index >= 15 is 0 Å². The van der Waals surface area contributed by atoms with E-state index in [0.29, 0.717) is 17.0 Å². The lowest BCUT2D eigenvalue weighted by atomic mass is 9.97. The van der Waals surface area contributed by atoms with Crippen molar-refractivity contribution in [2.24, 2.45) is 0 Å². The molecule has 1 fully saturated rings. The third kappa shape index (κ3) is 2.95. The Hall–Kier alpha value is -2.88. The highest BCUT2D eigenvalue weighted by atomic mass is 16.2. The highest BCUT2D eigenvalue weighted by Crippen LogP contribution is 2.37. The molecule has 0 bridgehead atoms. The number of rotatable bonds is 3. The van der Waals surface area contributed by atoms with Crippen LogP contribution in [0, 0.1) is 20.8 Å². The topological polar surface area (TPSA) is 40.6 Å². The summed E-state index contributed by atoms with van der Waals surface area (Å²) in [5.74, 6) is -0.429. The van der Waals surface area contributed by atoms with Crippen molar-refractivity contribution in [3.8, 4) is 0 Å². The molecule has 0 spiro atoms. The number of hydrogen-bond donors (Lipinski definition) is 0. The average molecular weight is 360 g/mol. The normalized spacial score (nSPS) is 17.4. The second-order valence-corrected chi connectivity index (χ2v) is 7.52. The lowest BCUT2D eigenvalue weighted by Gasteiger charge is -2.20. The molecule has 2 aliphatic heterocycles. The van der Waals surface area contributed by atoms with E-state index in [2.05, 4.69) is 11.0 Å². The van der Waals surface area contributed by atoms with Gasteiger partial charge in [-0.25, -0.2) is 4.90 Å². The Morgan fingerprint density at radius 3 is 2.19 bits per heavy atom. The molecule has 0 aliphatic carbocycles. The van der Waals surface area contributed by atoms with E-state index in [4.69, 9.17) is 0 Å². The van der Waals surface area contributed by atoms with Crippen LogP contribution >= 0.6 is 0 Å². The molecule has 0 N–H and O–H groups in total. The van der Waals surface area contributed by atoms with Crippen LogP contribution in [0.5, 0.6) is 0 Å². The van der Waals surface area contributed by atoms with Crippen LogP contribution in [-0.2, 0) is 9.59 Å². The summed E-state index contributed by atoms with van der Waals surface area (Å²) in [7, 11) is 0. The number of nitrogens with zero attached hydrogens (tertiary/aromatic N) is 2. The summed E-state index contributed by atoms with van der Waals surface area (Å²) in [5, 5.41) is 0. The predicted octanol–water partition coefficient (Wildman–Crippen LogP) is 3.99. The fourth-order valence-corrected chi connectivity index (χ4v) is 4.09. The molecule has 4 nitrogen and oxygen atoms in total. The van der Waals surface area contributed by atoms with Crippen molar-refractivity contribution in [3.63, 3.8) is 0 Å². The number of anilines is 1. The summed E-state index contributed by atoms with van der Waals surface area (Å²) in [6.45, 7) is 7.65. The number of likely N-dealkylation sites (tertiary alicyclic amines) is 1. The zero-order valence-corrected chi connectivity index (χ0v) is 16.1. The van der Waals surface area contributed by atoms with Crippen LogP contribution in [0.3, 0.4) is 0 Å². The van der Waals surface area contributed by atoms with Crippen molar-refractivity contribution in [1.29, 1.82) is 0 Å². The smallest absolute Gasteiger partial charge is 0.282 e. The molecule has 0 aromatic heterocycles. The SMILES string of the molecule is Cc1cccc(N2C(=O)C(c3ccc(C)cc3C)=C(N3CCCC3)C2=O)c1. The molecule has 2 amide bonds. The summed E-state index contributed by atoms with van der Waals surface area (Å²) in [6.07, 6.45) is 2.10. The van der Waals surface area contributed by atoms with Crippen molar-refractivity contribution < 1.29 is 9.59 Å². The maximum absolute atomic E-state index is 13.5. The first-order valence-electron chi connectivity index (χ1n) is 9.49. The van der Waals surface area contributed by atoms with Crippen LogP contribution in [0.4, 0.5) is 5.69 Å². The second-order valence-electron chi connectivity index (χ2n) is 7.52. The summed E-state index contributed by atoms with van der Waals surface area (Å²) >= 11 is 0. The van der Waals surface area contributed by atoms with Gasteiger partial charge in [0.05, 0.1) is 11.3 Å². The minimum atomic E-state index is -0.223. The van der Waals surface area contributed by atoms with Gasteiger partial charge in [-0.2, -0.15) is 0 Å². The van der Waals surface area contributed by atoms with Gasteiger partial charge in [0.15, 0.2) is 0 Å². The Morgan fingerprint density at radius 1 is 0.815 bits per heavy atom. The van der Waals surface area contributed by atoms with Crippen molar-refractivity contribution in [2.45, 2.75) is 33.6 Å². The van der Waals surface area contributed by atoms with Gasteiger partial charge in [-0.1, -0.05) is 35.9 Å². The second kappa shape index (κ2) is 6.69. The molecule has 138 valence electrons. The van der Waals surface area contributed by atoms with Crippen molar-refractivity contribution >= 4 is 23.1 Å². The Balaban J connectivity index is 1.88. The number of benzene rings is 2. The average Bonchev–Trinajstić information content (AvgIpc) is 3.22. The van der Waals surface area contributed by atoms with Gasteiger partial charge in [0.1, 0.15) is 5.70 Å². The van der Waals surface area contributed by atoms with Gasteiger partial charge in [-0.05, 0) is 62.4 Å². The Kier molecular flexibility index (Phi) is 4.34. The molecule has 27 heavy (non-hydrogen) atoms. The first-order valence-corrected chi connectivity index (χ1v) is 9.49. The van der Waals surface area contributed by atoms with Gasteiger partial charge < -0.3 is 4.90 Å². The summed E-state index contributed by atoms with van der Waals surface area (Å²) in [5.41, 5.74) is 5.79. The largest absolute Gasteiger partial charge is 0.366 e. The Morgan fingerprint density at radius 2 is 1.52 bits per heavy atom. The lowest BCUT2D eigenvalue weighted by molar-refractivity contribution is -0.120. The van der Waals surface area contributed by atoms with E-state index in [-0.39, 0.29) is 11.8 Å². The van der Waals surface area contributed by atoms with Crippen LogP contribution in [0.2, 0.25) is 0 Å². The molecule has 2 aromatic carbocycles. The molecule has 0 atom stereocenters. The van der Waals surface area contributed by atoms with Gasteiger partial charge >= 0.3 is 0 Å². The lowest BCUT2D eigenvalue weighted by Crippen LogP contribution is -2.34. The minimum Gasteiger partial charge on any atom is -0.366 e. The van der Waals surface area contributed by atoms with E-state index in [0.717, 1.165) is 48.2 Å². The van der Waals surface area contributed by atoms with E-state index in [1.165, 1.54) is 4.90 Å². The zero-order chi connectivity index (χ0) is 19.1. The highest BCUT2D eigenvalue weighted by molar-refractivity contribution is 6.45. The molecule has 0 radical (unpaired) electrons. The van der Waals surface area contributed by atoms with Crippen LogP contribution in [-0.4, -0.2) is 29.8 Å². The van der Waals surface area contributed by atoms with Gasteiger partial charge in [-0.15, -0.1) is 0 Å². The van der Waals surface area contributed by atoms with Crippen LogP contribution in [0.25, 0.3) is 5.57 Å². The zero-order valence-electron chi connectivity index (χ0n) is 16.1. The van der Waals surface area contributed by atoms with E-state index in [1.807, 2.05) is 57.2 Å². The van der Waals surface area contributed by atoms with Crippen molar-refractivity contribution in [1.82, 2.24) is 4.90 Å². The van der Waals surface area contributed by atoms with Crippen LogP contribution in [0.15, 0.2) is 48.2 Å². The van der Waals surface area contributed by atoms with Gasteiger partial charge in [0.25, 0.3) is 11.8 Å². The monoisotopic (exact) mass is 360 g/mol. The quantitative estimate of drug-likeness (QED) is 0.777. The van der Waals surface area contributed by atoms with Crippen LogP contribution < -0.4 is 4.90 Å². The van der Waals surface area contributed by atoms with Gasteiger partial charge in [0, 0.05) is 13.1 Å². The molecular formula is C23H24N2O2. The number of carbonyl (C=O) groups is 2. The van der Waals surface area contributed by atoms with Crippen molar-refractivity contribution in [3.05, 3.63) is 70.4 Å². The van der Waals surface area contributed by atoms with Crippen molar-refractivity contribution in [2.75, 3.05) is 18.0 Å². The maximum atomic E-state index is 13.5. The first kappa shape index (κ1) is 17.5. The predicted molar refractivity (Wildman–Crippen MR) is 107 cm³/mol.